The van der Waals surface area contributed by atoms with Crippen molar-refractivity contribution < 1.29 is 14.6 Å². The fraction of sp³-hybridized carbons (Fsp3) is 0.333. The predicted molar refractivity (Wildman–Crippen MR) is 85.0 cm³/mol. The van der Waals surface area contributed by atoms with Gasteiger partial charge in [0.1, 0.15) is 11.3 Å². The Morgan fingerprint density at radius 3 is 2.70 bits per heavy atom. The van der Waals surface area contributed by atoms with E-state index in [0.29, 0.717) is 23.7 Å². The summed E-state index contributed by atoms with van der Waals surface area (Å²) in [6, 6.07) is 3.60. The van der Waals surface area contributed by atoms with Crippen LogP contribution < -0.4 is 14.6 Å². The Balaban J connectivity index is 2.11. The molecule has 0 fully saturated rings. The third kappa shape index (κ3) is 1.73. The molecule has 0 saturated carbocycles. The highest BCUT2D eigenvalue weighted by atomic mass is 16.6. The number of methoxy groups -OCH3 is 2. The largest absolute Gasteiger partial charge is 0.601 e. The van der Waals surface area contributed by atoms with Crippen LogP contribution in [0.15, 0.2) is 18.2 Å². The van der Waals surface area contributed by atoms with Crippen molar-refractivity contribution in [1.82, 2.24) is 19.5 Å². The van der Waals surface area contributed by atoms with Gasteiger partial charge in [0.2, 0.25) is 5.69 Å². The Kier molecular flexibility index (Phi) is 3.03. The molecule has 1 aromatic heterocycles. The fourth-order valence-electron chi connectivity index (χ4n) is 3.34. The van der Waals surface area contributed by atoms with Crippen LogP contribution in [0, 0.1) is 5.21 Å². The number of hydrogen-bond donors (Lipinski definition) is 2. The second-order valence-corrected chi connectivity index (χ2v) is 5.42. The Bertz CT molecular complexity index is 850. The summed E-state index contributed by atoms with van der Waals surface area (Å²) >= 11 is 0. The van der Waals surface area contributed by atoms with Gasteiger partial charge in [0, 0.05) is 6.20 Å². The van der Waals surface area contributed by atoms with Crippen molar-refractivity contribution in [2.75, 3.05) is 14.2 Å². The number of aromatic amines is 1. The lowest BCUT2D eigenvalue weighted by molar-refractivity contribution is -0.830. The van der Waals surface area contributed by atoms with Gasteiger partial charge in [-0.15, -0.1) is 4.79 Å². The van der Waals surface area contributed by atoms with Crippen molar-refractivity contribution in [2.45, 2.75) is 19.9 Å². The van der Waals surface area contributed by atoms with Gasteiger partial charge >= 0.3 is 0 Å². The van der Waals surface area contributed by atoms with E-state index in [2.05, 4.69) is 12.1 Å². The number of nitrogens with one attached hydrogen (secondary N) is 2. The molecule has 0 aliphatic carbocycles. The highest BCUT2D eigenvalue weighted by Crippen LogP contribution is 2.44. The SMILES string of the molecule is CCc1c2n([nH]n3n1C=CC3)[NH+]([O-])c1c(OC)ccc(OC)c1-2. The van der Waals surface area contributed by atoms with Crippen LogP contribution in [0.1, 0.15) is 12.6 Å². The maximum atomic E-state index is 13.0. The van der Waals surface area contributed by atoms with E-state index >= 15 is 0 Å². The molecule has 8 heteroatoms. The van der Waals surface area contributed by atoms with E-state index in [1.165, 1.54) is 0 Å². The summed E-state index contributed by atoms with van der Waals surface area (Å²) in [6.07, 6.45) is 4.83. The summed E-state index contributed by atoms with van der Waals surface area (Å²) in [5.74, 6) is 1.21. The number of quaternary nitrogens is 1. The van der Waals surface area contributed by atoms with Gasteiger partial charge in [0.15, 0.2) is 11.4 Å². The van der Waals surface area contributed by atoms with Crippen LogP contribution in [0.25, 0.3) is 17.5 Å². The first kappa shape index (κ1) is 14.0. The highest BCUT2D eigenvalue weighted by Gasteiger charge is 2.36. The maximum Gasteiger partial charge on any atom is 0.213 e. The van der Waals surface area contributed by atoms with E-state index in [-0.39, 0.29) is 5.17 Å². The summed E-state index contributed by atoms with van der Waals surface area (Å²) < 4.78 is 12.9. The first-order valence-corrected chi connectivity index (χ1v) is 7.53. The van der Waals surface area contributed by atoms with Crippen molar-refractivity contribution in [3.8, 4) is 22.8 Å². The molecular weight excluding hydrogens is 298 g/mol. The molecule has 1 aromatic carbocycles. The number of allylic oxidation sites excluding steroid dienone is 1. The quantitative estimate of drug-likeness (QED) is 0.831. The molecule has 0 spiro atoms. The van der Waals surface area contributed by atoms with Gasteiger partial charge in [0.25, 0.3) is 0 Å². The third-order valence-corrected chi connectivity index (χ3v) is 4.33. The second-order valence-electron chi connectivity index (χ2n) is 5.42. The zero-order valence-corrected chi connectivity index (χ0v) is 13.3. The van der Waals surface area contributed by atoms with Crippen molar-refractivity contribution in [2.24, 2.45) is 0 Å². The van der Waals surface area contributed by atoms with Crippen molar-refractivity contribution in [3.05, 3.63) is 29.1 Å². The maximum absolute atomic E-state index is 13.0. The predicted octanol–water partition coefficient (Wildman–Crippen LogP) is 1.07. The monoisotopic (exact) mass is 317 g/mol. The molecule has 0 saturated heterocycles. The molecule has 23 heavy (non-hydrogen) atoms. The van der Waals surface area contributed by atoms with Gasteiger partial charge in [-0.25, -0.2) is 14.7 Å². The Morgan fingerprint density at radius 1 is 1.26 bits per heavy atom. The Labute approximate surface area is 132 Å². The highest BCUT2D eigenvalue weighted by molar-refractivity contribution is 5.84. The number of benzene rings is 1. The fourth-order valence-corrected chi connectivity index (χ4v) is 3.34. The number of fused-ring (bicyclic) bond motifs is 4. The molecule has 2 aliphatic rings. The first-order chi connectivity index (χ1) is 11.2. The Morgan fingerprint density at radius 2 is 2.00 bits per heavy atom. The standard InChI is InChI=1S/C15H19N5O3/c1-4-10-14-13-11(22-2)6-7-12(23-3)15(13)20(21)19(14)16-18-9-5-8-17(10)18/h5-8,16,20H,4,9H2,1-3H3. The van der Waals surface area contributed by atoms with Gasteiger partial charge in [-0.2, -0.15) is 5.21 Å². The molecule has 122 valence electrons. The van der Waals surface area contributed by atoms with E-state index in [0.717, 1.165) is 23.4 Å². The number of nitrogens with zero attached hydrogens (tertiary/aromatic N) is 3. The molecule has 1 atom stereocenters. The lowest BCUT2D eigenvalue weighted by Gasteiger charge is -2.23. The number of H-pyrrole nitrogens is 1. The van der Waals surface area contributed by atoms with E-state index < -0.39 is 0 Å². The van der Waals surface area contributed by atoms with Crippen molar-refractivity contribution in [3.63, 3.8) is 0 Å². The van der Waals surface area contributed by atoms with Crippen LogP contribution in [0.4, 0.5) is 5.69 Å². The zero-order chi connectivity index (χ0) is 16.1. The van der Waals surface area contributed by atoms with Gasteiger partial charge in [-0.1, -0.05) is 6.92 Å². The minimum absolute atomic E-state index is 0.136. The molecular formula is C15H19N5O3. The van der Waals surface area contributed by atoms with E-state index in [1.54, 1.807) is 25.1 Å². The molecule has 0 bridgehead atoms. The Hall–Kier alpha value is -2.58. The minimum Gasteiger partial charge on any atom is -0.601 e. The molecule has 2 aromatic rings. The summed E-state index contributed by atoms with van der Waals surface area (Å²) in [7, 11) is 3.18. The molecule has 0 radical (unpaired) electrons. The average molecular weight is 317 g/mol. The van der Waals surface area contributed by atoms with Crippen LogP contribution >= 0.6 is 0 Å². The van der Waals surface area contributed by atoms with Crippen molar-refractivity contribution in [1.29, 1.82) is 0 Å². The molecule has 2 aliphatic heterocycles. The second kappa shape index (κ2) is 4.97. The molecule has 8 nitrogen and oxygen atoms in total. The molecule has 0 amide bonds. The summed E-state index contributed by atoms with van der Waals surface area (Å²) in [5.41, 5.74) is 3.18. The summed E-state index contributed by atoms with van der Waals surface area (Å²) in [5, 5.41) is 16.0. The van der Waals surface area contributed by atoms with Crippen LogP contribution in [-0.2, 0) is 13.0 Å². The molecule has 1 unspecified atom stereocenters. The normalized spacial score (nSPS) is 17.0. The first-order valence-electron chi connectivity index (χ1n) is 7.53. The smallest absolute Gasteiger partial charge is 0.213 e. The molecule has 3 heterocycles. The van der Waals surface area contributed by atoms with Gasteiger partial charge in [-0.05, 0) is 24.6 Å². The van der Waals surface area contributed by atoms with Crippen LogP contribution in [0.2, 0.25) is 0 Å². The molecule has 4 rings (SSSR count). The van der Waals surface area contributed by atoms with E-state index in [1.807, 2.05) is 27.8 Å². The van der Waals surface area contributed by atoms with E-state index in [4.69, 9.17) is 9.47 Å². The minimum atomic E-state index is -0.136. The third-order valence-electron chi connectivity index (χ3n) is 4.33. The number of ether oxygens (including phenoxy) is 2. The molecule has 2 N–H and O–H groups in total. The van der Waals surface area contributed by atoms with Crippen molar-refractivity contribution >= 4 is 11.9 Å². The van der Waals surface area contributed by atoms with Crippen LogP contribution in [0.5, 0.6) is 11.5 Å². The summed E-state index contributed by atoms with van der Waals surface area (Å²) in [4.78, 5) is 3.48. The lowest BCUT2D eigenvalue weighted by atomic mass is 10.1. The zero-order valence-electron chi connectivity index (χ0n) is 13.3. The lowest BCUT2D eigenvalue weighted by Crippen LogP contribution is -3.04. The van der Waals surface area contributed by atoms with Crippen LogP contribution in [0.3, 0.4) is 0 Å². The van der Waals surface area contributed by atoms with Gasteiger partial charge in [-0.3, -0.25) is 0 Å². The van der Waals surface area contributed by atoms with Crippen LogP contribution in [-0.4, -0.2) is 33.7 Å². The number of hydrogen-bond acceptors (Lipinski definition) is 3. The topological polar surface area (TPSA) is 76.5 Å². The summed E-state index contributed by atoms with van der Waals surface area (Å²) in [6.45, 7) is 2.77. The van der Waals surface area contributed by atoms with E-state index in [9.17, 15) is 5.21 Å². The number of rotatable bonds is 3. The van der Waals surface area contributed by atoms with Gasteiger partial charge < -0.3 is 14.7 Å². The van der Waals surface area contributed by atoms with Gasteiger partial charge in [0.05, 0.1) is 26.5 Å². The average Bonchev–Trinajstić information content (AvgIpc) is 3.16. The number of aromatic nitrogens is 4.